The van der Waals surface area contributed by atoms with Gasteiger partial charge in [0, 0.05) is 14.8 Å². The van der Waals surface area contributed by atoms with Crippen LogP contribution >= 0.6 is 34.8 Å². The number of rotatable bonds is 2. The van der Waals surface area contributed by atoms with Crippen LogP contribution in [0.5, 0.6) is 11.5 Å². The quantitative estimate of drug-likeness (QED) is 0.519. The summed E-state index contributed by atoms with van der Waals surface area (Å²) in [4.78, 5) is 12.4. The van der Waals surface area contributed by atoms with E-state index in [9.17, 15) is 4.79 Å². The zero-order valence-electron chi connectivity index (χ0n) is 13.8. The second-order valence-corrected chi connectivity index (χ2v) is 7.25. The number of carbonyl (C=O) groups is 1. The molecule has 130 valence electrons. The minimum Gasteiger partial charge on any atom is -0.486 e. The Hall–Kier alpha value is -1.87. The van der Waals surface area contributed by atoms with Gasteiger partial charge in [-0.15, -0.1) is 0 Å². The monoisotopic (exact) mass is 468 g/mol. The van der Waals surface area contributed by atoms with Gasteiger partial charge in [-0.2, -0.15) is 0 Å². The first-order valence-electron chi connectivity index (χ1n) is 7.73. The molecule has 1 aliphatic rings. The Balaban J connectivity index is 1.69. The van der Waals surface area contributed by atoms with Crippen LogP contribution in [0, 0.1) is 17.4 Å². The fraction of sp³-hybridized carbons (Fsp3) is 0.222. The van der Waals surface area contributed by atoms with Gasteiger partial charge in [-0.1, -0.05) is 0 Å². The lowest BCUT2D eigenvalue weighted by Gasteiger charge is -2.19. The molecule has 0 atom stereocenters. The molecule has 5 nitrogen and oxygen atoms in total. The number of carbonyl (C=O) groups excluding carboxylic acids is 1. The second-order valence-electron chi connectivity index (χ2n) is 5.68. The van der Waals surface area contributed by atoms with Crippen molar-refractivity contribution >= 4 is 51.5 Å². The van der Waals surface area contributed by atoms with Crippen molar-refractivity contribution < 1.29 is 14.3 Å². The van der Waals surface area contributed by atoms with Crippen molar-refractivity contribution in [1.29, 1.82) is 0 Å². The maximum Gasteiger partial charge on any atom is 0.257 e. The predicted molar refractivity (Wildman–Crippen MR) is 110 cm³/mol. The van der Waals surface area contributed by atoms with E-state index in [1.165, 1.54) is 3.57 Å². The maximum absolute atomic E-state index is 12.4. The van der Waals surface area contributed by atoms with E-state index in [1.807, 2.05) is 19.9 Å². The number of benzene rings is 2. The molecule has 0 aliphatic carbocycles. The molecule has 1 amide bonds. The van der Waals surface area contributed by atoms with E-state index < -0.39 is 0 Å². The van der Waals surface area contributed by atoms with Crippen molar-refractivity contribution in [1.82, 2.24) is 5.32 Å². The van der Waals surface area contributed by atoms with Gasteiger partial charge in [0.25, 0.3) is 5.91 Å². The Labute approximate surface area is 165 Å². The number of nitrogens with one attached hydrogen (secondary N) is 2. The van der Waals surface area contributed by atoms with E-state index in [0.29, 0.717) is 30.3 Å². The molecule has 0 saturated carbocycles. The summed E-state index contributed by atoms with van der Waals surface area (Å²) in [6, 6.07) is 9.16. The van der Waals surface area contributed by atoms with Crippen molar-refractivity contribution in [2.24, 2.45) is 0 Å². The Morgan fingerprint density at radius 3 is 2.56 bits per heavy atom. The number of halogens is 1. The topological polar surface area (TPSA) is 59.6 Å². The van der Waals surface area contributed by atoms with Crippen LogP contribution in [0.3, 0.4) is 0 Å². The summed E-state index contributed by atoms with van der Waals surface area (Å²) in [5.74, 6) is 0.921. The lowest BCUT2D eigenvalue weighted by Crippen LogP contribution is -2.34. The summed E-state index contributed by atoms with van der Waals surface area (Å²) in [5.41, 5.74) is 3.55. The minimum absolute atomic E-state index is 0.253. The predicted octanol–water partition coefficient (Wildman–Crippen LogP) is 3.81. The van der Waals surface area contributed by atoms with Gasteiger partial charge in [0.1, 0.15) is 13.2 Å². The molecule has 0 fully saturated rings. The van der Waals surface area contributed by atoms with E-state index in [4.69, 9.17) is 21.7 Å². The molecule has 25 heavy (non-hydrogen) atoms. The van der Waals surface area contributed by atoms with Crippen LogP contribution in [-0.2, 0) is 0 Å². The van der Waals surface area contributed by atoms with Crippen LogP contribution < -0.4 is 20.1 Å². The van der Waals surface area contributed by atoms with Gasteiger partial charge in [-0.25, -0.2) is 0 Å². The third kappa shape index (κ3) is 4.21. The van der Waals surface area contributed by atoms with E-state index >= 15 is 0 Å². The number of amides is 1. The molecule has 1 aliphatic heterocycles. The van der Waals surface area contributed by atoms with Gasteiger partial charge in [0.15, 0.2) is 16.6 Å². The Kier molecular flexibility index (Phi) is 5.43. The van der Waals surface area contributed by atoms with E-state index in [1.54, 1.807) is 18.2 Å². The zero-order valence-corrected chi connectivity index (χ0v) is 16.8. The maximum atomic E-state index is 12.4. The second kappa shape index (κ2) is 7.57. The van der Waals surface area contributed by atoms with Crippen LogP contribution in [0.15, 0.2) is 30.3 Å². The normalized spacial score (nSPS) is 12.4. The minimum atomic E-state index is -0.297. The first-order valence-corrected chi connectivity index (χ1v) is 9.21. The van der Waals surface area contributed by atoms with Crippen molar-refractivity contribution in [3.05, 3.63) is 50.6 Å². The third-order valence-electron chi connectivity index (χ3n) is 3.79. The zero-order chi connectivity index (χ0) is 18.0. The van der Waals surface area contributed by atoms with Crippen LogP contribution in [0.25, 0.3) is 0 Å². The Morgan fingerprint density at radius 1 is 1.08 bits per heavy atom. The van der Waals surface area contributed by atoms with Crippen molar-refractivity contribution in [3.8, 4) is 11.5 Å². The van der Waals surface area contributed by atoms with Crippen molar-refractivity contribution in [2.75, 3.05) is 18.5 Å². The number of thiocarbonyl (C=S) groups is 1. The smallest absolute Gasteiger partial charge is 0.257 e. The molecule has 0 bridgehead atoms. The molecule has 3 rings (SSSR count). The highest BCUT2D eigenvalue weighted by Gasteiger charge is 2.16. The molecule has 2 aromatic carbocycles. The molecule has 0 saturated heterocycles. The molecule has 0 unspecified atom stereocenters. The van der Waals surface area contributed by atoms with Gasteiger partial charge >= 0.3 is 0 Å². The molecule has 2 N–H and O–H groups in total. The summed E-state index contributed by atoms with van der Waals surface area (Å²) in [6.45, 7) is 5.02. The summed E-state index contributed by atoms with van der Waals surface area (Å²) >= 11 is 7.56. The lowest BCUT2D eigenvalue weighted by atomic mass is 10.1. The number of hydrogen-bond acceptors (Lipinski definition) is 4. The van der Waals surface area contributed by atoms with Crippen LogP contribution in [0.1, 0.15) is 21.5 Å². The summed E-state index contributed by atoms with van der Waals surface area (Å²) in [5, 5.41) is 6.03. The SMILES string of the molecule is Cc1cc(NC(=S)NC(=O)c2ccc3c(c2)OCCO3)c(C)cc1I. The fourth-order valence-electron chi connectivity index (χ4n) is 2.43. The number of fused-ring (bicyclic) bond motifs is 1. The van der Waals surface area contributed by atoms with E-state index in [2.05, 4.69) is 39.3 Å². The standard InChI is InChI=1S/C18H17IN2O3S/c1-10-8-14(11(2)7-13(10)19)20-18(25)21-17(22)12-3-4-15-16(9-12)24-6-5-23-15/h3-4,7-9H,5-6H2,1-2H3,(H2,20,21,22,25). The molecular weight excluding hydrogens is 451 g/mol. The van der Waals surface area contributed by atoms with Crippen LogP contribution in [-0.4, -0.2) is 24.2 Å². The number of aryl methyl sites for hydroxylation is 2. The lowest BCUT2D eigenvalue weighted by molar-refractivity contribution is 0.0976. The number of hydrogen-bond donors (Lipinski definition) is 2. The Morgan fingerprint density at radius 2 is 1.80 bits per heavy atom. The average Bonchev–Trinajstić information content (AvgIpc) is 2.59. The third-order valence-corrected chi connectivity index (χ3v) is 5.15. The van der Waals surface area contributed by atoms with Gasteiger partial charge in [-0.3, -0.25) is 10.1 Å². The van der Waals surface area contributed by atoms with Crippen molar-refractivity contribution in [2.45, 2.75) is 13.8 Å². The fourth-order valence-corrected chi connectivity index (χ4v) is 3.25. The molecule has 1 heterocycles. The highest BCUT2D eigenvalue weighted by atomic mass is 127. The van der Waals surface area contributed by atoms with Crippen LogP contribution in [0.2, 0.25) is 0 Å². The summed E-state index contributed by atoms with van der Waals surface area (Å²) in [7, 11) is 0. The molecule has 7 heteroatoms. The summed E-state index contributed by atoms with van der Waals surface area (Å²) in [6.07, 6.45) is 0. The number of ether oxygens (including phenoxy) is 2. The van der Waals surface area contributed by atoms with Gasteiger partial charge in [0.2, 0.25) is 0 Å². The highest BCUT2D eigenvalue weighted by Crippen LogP contribution is 2.30. The van der Waals surface area contributed by atoms with Gasteiger partial charge in [-0.05, 0) is 90.1 Å². The van der Waals surface area contributed by atoms with E-state index in [0.717, 1.165) is 16.8 Å². The van der Waals surface area contributed by atoms with Crippen LogP contribution in [0.4, 0.5) is 5.69 Å². The molecule has 0 spiro atoms. The Bertz CT molecular complexity index is 854. The molecule has 2 aromatic rings. The largest absolute Gasteiger partial charge is 0.486 e. The van der Waals surface area contributed by atoms with E-state index in [-0.39, 0.29) is 11.0 Å². The first-order chi connectivity index (χ1) is 11.9. The first kappa shape index (κ1) is 17.9. The molecular formula is C18H17IN2O3S. The van der Waals surface area contributed by atoms with Gasteiger partial charge < -0.3 is 14.8 Å². The molecule has 0 aromatic heterocycles. The van der Waals surface area contributed by atoms with Gasteiger partial charge in [0.05, 0.1) is 0 Å². The highest BCUT2D eigenvalue weighted by molar-refractivity contribution is 14.1. The molecule has 0 radical (unpaired) electrons. The number of anilines is 1. The summed E-state index contributed by atoms with van der Waals surface area (Å²) < 4.78 is 12.1. The average molecular weight is 468 g/mol. The van der Waals surface area contributed by atoms with Crippen molar-refractivity contribution in [3.63, 3.8) is 0 Å².